The number of aromatic nitrogens is 2. The zero-order valence-corrected chi connectivity index (χ0v) is 10.9. The minimum atomic E-state index is -0.403. The van der Waals surface area contributed by atoms with E-state index in [0.29, 0.717) is 5.69 Å². The third-order valence-corrected chi connectivity index (χ3v) is 3.66. The Labute approximate surface area is 106 Å². The maximum absolute atomic E-state index is 11.0. The molecule has 0 saturated carbocycles. The molecule has 88 valence electrons. The number of halogens is 1. The lowest BCUT2D eigenvalue weighted by atomic mass is 10.2. The Morgan fingerprint density at radius 2 is 2.00 bits per heavy atom. The number of nitro benzene ring substituents is 1. The second-order valence-corrected chi connectivity index (χ2v) is 4.44. The molecule has 5 nitrogen and oxygen atoms in total. The molecular formula is C11H10BrN3O2. The molecule has 0 aliphatic heterocycles. The largest absolute Gasteiger partial charge is 0.294 e. The summed E-state index contributed by atoms with van der Waals surface area (Å²) in [6.45, 7) is 3.71. The highest BCUT2D eigenvalue weighted by Crippen LogP contribution is 2.27. The van der Waals surface area contributed by atoms with Gasteiger partial charge in [0.2, 0.25) is 0 Å². The molecule has 0 saturated heterocycles. The number of rotatable bonds is 2. The molecule has 0 atom stereocenters. The van der Waals surface area contributed by atoms with Crippen LogP contribution < -0.4 is 0 Å². The van der Waals surface area contributed by atoms with Gasteiger partial charge in [-0.2, -0.15) is 5.10 Å². The molecule has 0 radical (unpaired) electrons. The topological polar surface area (TPSA) is 61.0 Å². The van der Waals surface area contributed by atoms with Crippen molar-refractivity contribution < 1.29 is 4.92 Å². The van der Waals surface area contributed by atoms with Crippen LogP contribution in [0.1, 0.15) is 11.4 Å². The van der Waals surface area contributed by atoms with Crippen LogP contribution in [0, 0.1) is 24.0 Å². The van der Waals surface area contributed by atoms with Crippen molar-refractivity contribution in [2.75, 3.05) is 0 Å². The summed E-state index contributed by atoms with van der Waals surface area (Å²) in [5.41, 5.74) is 2.17. The minimum Gasteiger partial charge on any atom is -0.258 e. The second-order valence-electron chi connectivity index (χ2n) is 3.64. The van der Waals surface area contributed by atoms with Gasteiger partial charge in [0.25, 0.3) is 5.69 Å². The highest BCUT2D eigenvalue weighted by atomic mass is 79.9. The van der Waals surface area contributed by atoms with E-state index in [2.05, 4.69) is 21.0 Å². The monoisotopic (exact) mass is 295 g/mol. The van der Waals surface area contributed by atoms with Crippen LogP contribution in [0.3, 0.4) is 0 Å². The van der Waals surface area contributed by atoms with Gasteiger partial charge in [-0.15, -0.1) is 0 Å². The molecule has 17 heavy (non-hydrogen) atoms. The zero-order chi connectivity index (χ0) is 12.6. The van der Waals surface area contributed by atoms with Crippen molar-refractivity contribution in [2.24, 2.45) is 0 Å². The molecule has 2 rings (SSSR count). The Morgan fingerprint density at radius 3 is 2.53 bits per heavy atom. The molecule has 0 fully saturated rings. The number of aryl methyl sites for hydroxylation is 1. The van der Waals surface area contributed by atoms with Crippen molar-refractivity contribution in [3.05, 3.63) is 50.2 Å². The molecule has 2 aromatic rings. The van der Waals surface area contributed by atoms with Gasteiger partial charge < -0.3 is 0 Å². The van der Waals surface area contributed by atoms with Crippen molar-refractivity contribution in [3.63, 3.8) is 0 Å². The lowest BCUT2D eigenvalue weighted by Crippen LogP contribution is -2.03. The Balaban J connectivity index is 2.68. The van der Waals surface area contributed by atoms with Crippen LogP contribution in [0.5, 0.6) is 0 Å². The van der Waals surface area contributed by atoms with Gasteiger partial charge in [0.1, 0.15) is 5.69 Å². The van der Waals surface area contributed by atoms with E-state index in [1.165, 1.54) is 6.07 Å². The Hall–Kier alpha value is -1.69. The molecule has 1 heterocycles. The van der Waals surface area contributed by atoms with Gasteiger partial charge in [-0.3, -0.25) is 10.1 Å². The van der Waals surface area contributed by atoms with E-state index in [9.17, 15) is 10.1 Å². The van der Waals surface area contributed by atoms with E-state index in [1.54, 1.807) is 22.9 Å². The lowest BCUT2D eigenvalue weighted by Gasteiger charge is -2.04. The van der Waals surface area contributed by atoms with E-state index < -0.39 is 4.92 Å². The molecule has 1 aromatic carbocycles. The van der Waals surface area contributed by atoms with E-state index in [1.807, 2.05) is 13.8 Å². The first kappa shape index (κ1) is 11.8. The van der Waals surface area contributed by atoms with E-state index in [-0.39, 0.29) is 5.69 Å². The predicted octanol–water partition coefficient (Wildman–Crippen LogP) is 3.16. The summed E-state index contributed by atoms with van der Waals surface area (Å²) in [6.07, 6.45) is 0. The molecule has 0 amide bonds. The number of para-hydroxylation sites is 2. The van der Waals surface area contributed by atoms with Gasteiger partial charge in [0, 0.05) is 6.07 Å². The van der Waals surface area contributed by atoms with Crippen LogP contribution in [0.4, 0.5) is 5.69 Å². The van der Waals surface area contributed by atoms with Gasteiger partial charge in [-0.25, -0.2) is 4.68 Å². The van der Waals surface area contributed by atoms with Crippen molar-refractivity contribution >= 4 is 21.6 Å². The number of nitro groups is 1. The van der Waals surface area contributed by atoms with Crippen molar-refractivity contribution in [3.8, 4) is 5.69 Å². The quantitative estimate of drug-likeness (QED) is 0.631. The number of benzene rings is 1. The average Bonchev–Trinajstić information content (AvgIpc) is 2.57. The van der Waals surface area contributed by atoms with Crippen LogP contribution in [0.15, 0.2) is 28.7 Å². The molecule has 0 bridgehead atoms. The molecule has 6 heteroatoms. The van der Waals surface area contributed by atoms with Gasteiger partial charge in [0.15, 0.2) is 0 Å². The lowest BCUT2D eigenvalue weighted by molar-refractivity contribution is -0.384. The Kier molecular flexibility index (Phi) is 2.97. The molecule has 0 aliphatic carbocycles. The van der Waals surface area contributed by atoms with E-state index >= 15 is 0 Å². The summed E-state index contributed by atoms with van der Waals surface area (Å²) >= 11 is 3.41. The first-order valence-electron chi connectivity index (χ1n) is 4.98. The van der Waals surface area contributed by atoms with Crippen LogP contribution >= 0.6 is 15.9 Å². The van der Waals surface area contributed by atoms with Crippen LogP contribution in [0.2, 0.25) is 0 Å². The standard InChI is InChI=1S/C11H10BrN3O2/c1-7-11(12)8(2)14(13-7)9-5-3-4-6-10(9)15(16)17/h3-6H,1-2H3. The summed E-state index contributed by atoms with van der Waals surface area (Å²) in [6, 6.07) is 6.55. The van der Waals surface area contributed by atoms with Crippen molar-refractivity contribution in [1.29, 1.82) is 0 Å². The molecular weight excluding hydrogens is 286 g/mol. The van der Waals surface area contributed by atoms with Crippen LogP contribution in [-0.2, 0) is 0 Å². The first-order valence-corrected chi connectivity index (χ1v) is 5.77. The fourth-order valence-corrected chi connectivity index (χ4v) is 1.90. The summed E-state index contributed by atoms with van der Waals surface area (Å²) in [5, 5.41) is 15.2. The van der Waals surface area contributed by atoms with Crippen molar-refractivity contribution in [2.45, 2.75) is 13.8 Å². The van der Waals surface area contributed by atoms with Gasteiger partial charge in [0.05, 0.1) is 20.8 Å². The third-order valence-electron chi connectivity index (χ3n) is 2.51. The SMILES string of the molecule is Cc1nn(-c2ccccc2[N+](=O)[O-])c(C)c1Br. The van der Waals surface area contributed by atoms with Crippen LogP contribution in [0.25, 0.3) is 5.69 Å². The summed E-state index contributed by atoms with van der Waals surface area (Å²) in [5.74, 6) is 0. The first-order chi connectivity index (χ1) is 8.02. The fraction of sp³-hybridized carbons (Fsp3) is 0.182. The fourth-order valence-electron chi connectivity index (χ4n) is 1.66. The zero-order valence-electron chi connectivity index (χ0n) is 9.35. The Bertz CT molecular complexity index is 592. The van der Waals surface area contributed by atoms with Crippen LogP contribution in [-0.4, -0.2) is 14.7 Å². The highest BCUT2D eigenvalue weighted by molar-refractivity contribution is 9.10. The molecule has 0 unspecified atom stereocenters. The highest BCUT2D eigenvalue weighted by Gasteiger charge is 2.18. The summed E-state index contributed by atoms with van der Waals surface area (Å²) < 4.78 is 2.45. The molecule has 0 N–H and O–H groups in total. The normalized spacial score (nSPS) is 10.5. The van der Waals surface area contributed by atoms with E-state index in [0.717, 1.165) is 15.9 Å². The molecule has 1 aromatic heterocycles. The van der Waals surface area contributed by atoms with Gasteiger partial charge in [-0.1, -0.05) is 12.1 Å². The summed E-state index contributed by atoms with van der Waals surface area (Å²) in [4.78, 5) is 10.5. The molecule has 0 aliphatic rings. The third kappa shape index (κ3) is 1.95. The van der Waals surface area contributed by atoms with Crippen molar-refractivity contribution in [1.82, 2.24) is 9.78 Å². The molecule has 0 spiro atoms. The van der Waals surface area contributed by atoms with Gasteiger partial charge in [-0.05, 0) is 35.8 Å². The maximum atomic E-state index is 11.0. The maximum Gasteiger partial charge on any atom is 0.294 e. The Morgan fingerprint density at radius 1 is 1.35 bits per heavy atom. The smallest absolute Gasteiger partial charge is 0.258 e. The minimum absolute atomic E-state index is 0.0469. The van der Waals surface area contributed by atoms with E-state index in [4.69, 9.17) is 0 Å². The second kappa shape index (κ2) is 4.29. The summed E-state index contributed by atoms with van der Waals surface area (Å²) in [7, 11) is 0. The number of hydrogen-bond acceptors (Lipinski definition) is 3. The number of nitrogens with zero attached hydrogens (tertiary/aromatic N) is 3. The van der Waals surface area contributed by atoms with Gasteiger partial charge >= 0.3 is 0 Å². The number of hydrogen-bond donors (Lipinski definition) is 0. The predicted molar refractivity (Wildman–Crippen MR) is 67.4 cm³/mol. The average molecular weight is 296 g/mol.